The van der Waals surface area contributed by atoms with Gasteiger partial charge in [-0.3, -0.25) is 10.3 Å². The van der Waals surface area contributed by atoms with Crippen LogP contribution in [0, 0.1) is 30.6 Å². The molecule has 5 rings (SSSR count). The molecule has 2 aliphatic heterocycles. The van der Waals surface area contributed by atoms with Gasteiger partial charge in [0.15, 0.2) is 5.13 Å². The van der Waals surface area contributed by atoms with Crippen LogP contribution in [0.25, 0.3) is 21.7 Å². The molecule has 0 unspecified atom stereocenters. The second kappa shape index (κ2) is 9.16. The Hall–Kier alpha value is -3.28. The molecule has 1 aromatic carbocycles. The van der Waals surface area contributed by atoms with E-state index in [-0.39, 0.29) is 11.4 Å². The Morgan fingerprint density at radius 2 is 1.88 bits per heavy atom. The maximum absolute atomic E-state index is 13.1. The first-order valence-electron chi connectivity index (χ1n) is 11.6. The number of likely N-dealkylation sites (tertiary alicyclic amines) is 1. The van der Waals surface area contributed by atoms with Crippen molar-refractivity contribution >= 4 is 22.5 Å². The third kappa shape index (κ3) is 4.54. The van der Waals surface area contributed by atoms with E-state index in [1.807, 2.05) is 49.1 Å². The van der Waals surface area contributed by atoms with Crippen molar-refractivity contribution in [2.45, 2.75) is 33.1 Å². The molecular formula is C26H27N5O2S. The van der Waals surface area contributed by atoms with E-state index in [0.717, 1.165) is 78.7 Å². The van der Waals surface area contributed by atoms with Crippen LogP contribution in [0.5, 0.6) is 0 Å². The molecule has 2 saturated heterocycles. The van der Waals surface area contributed by atoms with Gasteiger partial charge < -0.3 is 9.64 Å². The van der Waals surface area contributed by atoms with Crippen molar-refractivity contribution in [3.63, 3.8) is 0 Å². The van der Waals surface area contributed by atoms with E-state index < -0.39 is 0 Å². The Morgan fingerprint density at radius 3 is 2.62 bits per heavy atom. The van der Waals surface area contributed by atoms with Gasteiger partial charge in [0, 0.05) is 43.3 Å². The number of urea groups is 1. The summed E-state index contributed by atoms with van der Waals surface area (Å²) < 4.78 is 5.53. The molecule has 2 fully saturated rings. The Labute approximate surface area is 203 Å². The van der Waals surface area contributed by atoms with Gasteiger partial charge in [0.1, 0.15) is 0 Å². The molecule has 2 amide bonds. The smallest absolute Gasteiger partial charge is 0.323 e. The molecule has 2 aliphatic rings. The maximum atomic E-state index is 13.1. The average molecular weight is 474 g/mol. The largest absolute Gasteiger partial charge is 0.381 e. The van der Waals surface area contributed by atoms with Crippen molar-refractivity contribution in [2.75, 3.05) is 31.6 Å². The van der Waals surface area contributed by atoms with Crippen molar-refractivity contribution in [3.05, 3.63) is 53.3 Å². The lowest BCUT2D eigenvalue weighted by Gasteiger charge is -2.33. The number of aromatic nitrogens is 2. The van der Waals surface area contributed by atoms with Crippen LogP contribution in [0.15, 0.2) is 36.4 Å². The number of nitrogens with zero attached hydrogens (tertiary/aromatic N) is 4. The normalized spacial score (nSPS) is 17.0. The Balaban J connectivity index is 1.45. The van der Waals surface area contributed by atoms with Crippen LogP contribution in [0.2, 0.25) is 0 Å². The fourth-order valence-corrected chi connectivity index (χ4v) is 5.92. The van der Waals surface area contributed by atoms with Crippen LogP contribution >= 0.6 is 11.3 Å². The maximum Gasteiger partial charge on any atom is 0.323 e. The molecular weight excluding hydrogens is 446 g/mol. The van der Waals surface area contributed by atoms with E-state index in [0.29, 0.717) is 10.7 Å². The summed E-state index contributed by atoms with van der Waals surface area (Å²) in [6.07, 6.45) is 3.05. The highest BCUT2D eigenvalue weighted by Gasteiger charge is 2.41. The number of pyridine rings is 1. The molecule has 0 aliphatic carbocycles. The van der Waals surface area contributed by atoms with Gasteiger partial charge in [0.05, 0.1) is 22.2 Å². The number of amides is 2. The number of carbonyl (C=O) groups is 1. The number of aryl methyl sites for hydroxylation is 2. The first-order valence-corrected chi connectivity index (χ1v) is 12.4. The third-order valence-electron chi connectivity index (χ3n) is 6.73. The third-order valence-corrected chi connectivity index (χ3v) is 7.75. The molecule has 34 heavy (non-hydrogen) atoms. The standard InChI is InChI=1S/C26H27N5O2S/c1-17-12-21(13-18(2)28-17)23-22(20-5-3-4-19(14-20)15-27)29-24(34-23)30-25(32)31-9-6-26(16-31)7-10-33-11-8-26/h3-5,12-14H,6-11,16H2,1-2H3,(H,29,30,32). The van der Waals surface area contributed by atoms with E-state index >= 15 is 0 Å². The zero-order valence-corrected chi connectivity index (χ0v) is 20.2. The predicted octanol–water partition coefficient (Wildman–Crippen LogP) is 5.40. The lowest BCUT2D eigenvalue weighted by atomic mass is 9.80. The zero-order valence-electron chi connectivity index (χ0n) is 19.4. The van der Waals surface area contributed by atoms with Crippen molar-refractivity contribution in [1.29, 1.82) is 5.26 Å². The van der Waals surface area contributed by atoms with Gasteiger partial charge in [-0.25, -0.2) is 9.78 Å². The molecule has 1 spiro atoms. The number of rotatable bonds is 3. The number of ether oxygens (including phenoxy) is 1. The summed E-state index contributed by atoms with van der Waals surface area (Å²) in [5, 5.41) is 13.0. The van der Waals surface area contributed by atoms with Gasteiger partial charge >= 0.3 is 6.03 Å². The number of carbonyl (C=O) groups excluding carboxylic acids is 1. The number of thiazole rings is 1. The lowest BCUT2D eigenvalue weighted by Crippen LogP contribution is -2.37. The Kier molecular flexibility index (Phi) is 6.07. The second-order valence-corrected chi connectivity index (χ2v) is 10.2. The van der Waals surface area contributed by atoms with Gasteiger partial charge in [-0.2, -0.15) is 5.26 Å². The van der Waals surface area contributed by atoms with Gasteiger partial charge in [-0.05, 0) is 68.4 Å². The minimum absolute atomic E-state index is 0.108. The van der Waals surface area contributed by atoms with Crippen molar-refractivity contribution in [1.82, 2.24) is 14.9 Å². The monoisotopic (exact) mass is 473 g/mol. The summed E-state index contributed by atoms with van der Waals surface area (Å²) in [6, 6.07) is 13.6. The summed E-state index contributed by atoms with van der Waals surface area (Å²) in [4.78, 5) is 25.3. The van der Waals surface area contributed by atoms with Crippen LogP contribution in [0.3, 0.4) is 0 Å². The summed E-state index contributed by atoms with van der Waals surface area (Å²) in [5.74, 6) is 0. The minimum atomic E-state index is -0.108. The van der Waals surface area contributed by atoms with E-state index in [1.165, 1.54) is 11.3 Å². The fraction of sp³-hybridized carbons (Fsp3) is 0.385. The van der Waals surface area contributed by atoms with Crippen molar-refractivity contribution in [3.8, 4) is 27.8 Å². The predicted molar refractivity (Wildman–Crippen MR) is 133 cm³/mol. The highest BCUT2D eigenvalue weighted by molar-refractivity contribution is 7.19. The summed E-state index contributed by atoms with van der Waals surface area (Å²) in [5.41, 5.74) is 5.21. The first-order chi connectivity index (χ1) is 16.4. The van der Waals surface area contributed by atoms with Crippen LogP contribution in [-0.2, 0) is 4.74 Å². The van der Waals surface area contributed by atoms with Crippen LogP contribution < -0.4 is 5.32 Å². The molecule has 0 bridgehead atoms. The average Bonchev–Trinajstić information content (AvgIpc) is 3.44. The van der Waals surface area contributed by atoms with E-state index in [2.05, 4.69) is 16.4 Å². The van der Waals surface area contributed by atoms with Gasteiger partial charge in [0.2, 0.25) is 0 Å². The molecule has 174 valence electrons. The zero-order chi connectivity index (χ0) is 23.7. The highest BCUT2D eigenvalue weighted by atomic mass is 32.1. The molecule has 0 saturated carbocycles. The number of benzene rings is 1. The van der Waals surface area contributed by atoms with E-state index in [9.17, 15) is 10.1 Å². The summed E-state index contributed by atoms with van der Waals surface area (Å²) >= 11 is 1.45. The lowest BCUT2D eigenvalue weighted by molar-refractivity contribution is 0.0211. The topological polar surface area (TPSA) is 91.1 Å². The molecule has 3 aromatic rings. The molecule has 1 N–H and O–H groups in total. The molecule has 2 aromatic heterocycles. The SMILES string of the molecule is Cc1cc(-c2sc(NC(=O)N3CCC4(CCOCC4)C3)nc2-c2cccc(C#N)c2)cc(C)n1. The fourth-order valence-electron chi connectivity index (χ4n) is 4.96. The number of nitrogens with one attached hydrogen (secondary N) is 1. The van der Waals surface area contributed by atoms with Gasteiger partial charge in [0.25, 0.3) is 0 Å². The first kappa shape index (κ1) is 22.5. The highest BCUT2D eigenvalue weighted by Crippen LogP contribution is 2.42. The quantitative estimate of drug-likeness (QED) is 0.550. The number of anilines is 1. The van der Waals surface area contributed by atoms with Crippen LogP contribution in [-0.4, -0.2) is 47.2 Å². The van der Waals surface area contributed by atoms with Crippen LogP contribution in [0.4, 0.5) is 9.93 Å². The molecule has 0 atom stereocenters. The van der Waals surface area contributed by atoms with Crippen molar-refractivity contribution in [2.24, 2.45) is 5.41 Å². The minimum Gasteiger partial charge on any atom is -0.381 e. The molecule has 0 radical (unpaired) electrons. The Morgan fingerprint density at radius 1 is 1.12 bits per heavy atom. The molecule has 8 heteroatoms. The van der Waals surface area contributed by atoms with Gasteiger partial charge in [-0.15, -0.1) is 0 Å². The number of hydrogen-bond acceptors (Lipinski definition) is 6. The number of hydrogen-bond donors (Lipinski definition) is 1. The van der Waals surface area contributed by atoms with Crippen molar-refractivity contribution < 1.29 is 9.53 Å². The number of nitriles is 1. The molecule has 7 nitrogen and oxygen atoms in total. The van der Waals surface area contributed by atoms with Crippen LogP contribution in [0.1, 0.15) is 36.2 Å². The summed E-state index contributed by atoms with van der Waals surface area (Å²) in [7, 11) is 0. The Bertz CT molecular complexity index is 1250. The summed E-state index contributed by atoms with van der Waals surface area (Å²) in [6.45, 7) is 7.01. The second-order valence-electron chi connectivity index (χ2n) is 9.24. The van der Waals surface area contributed by atoms with Gasteiger partial charge in [-0.1, -0.05) is 23.5 Å². The molecule has 4 heterocycles. The van der Waals surface area contributed by atoms with E-state index in [4.69, 9.17) is 9.72 Å². The van der Waals surface area contributed by atoms with E-state index in [1.54, 1.807) is 6.07 Å².